The molecule has 1 atom stereocenters. The third-order valence-corrected chi connectivity index (χ3v) is 3.16. The number of nitrogens with one attached hydrogen (secondary N) is 1. The molecular weight excluding hydrogens is 232 g/mol. The van der Waals surface area contributed by atoms with Gasteiger partial charge < -0.3 is 10.2 Å². The average Bonchev–Trinajstić information content (AvgIpc) is 2.44. The summed E-state index contributed by atoms with van der Waals surface area (Å²) in [5.41, 5.74) is 2.54. The van der Waals surface area contributed by atoms with Gasteiger partial charge in [0.05, 0.1) is 0 Å². The molecule has 0 aliphatic heterocycles. The van der Waals surface area contributed by atoms with E-state index in [1.54, 1.807) is 0 Å². The molecule has 0 fully saturated rings. The van der Waals surface area contributed by atoms with Gasteiger partial charge in [-0.25, -0.2) is 0 Å². The largest absolute Gasteiger partial charge is 0.364 e. The Hall–Kier alpha value is -1.54. The van der Waals surface area contributed by atoms with Crippen LogP contribution < -0.4 is 10.2 Å². The van der Waals surface area contributed by atoms with Crippen molar-refractivity contribution in [3.8, 4) is 0 Å². The predicted molar refractivity (Wildman–Crippen MR) is 85.8 cm³/mol. The van der Waals surface area contributed by atoms with Crippen LogP contribution >= 0.6 is 0 Å². The smallest absolute Gasteiger partial charge is 0.0372 e. The molecule has 1 rings (SSSR count). The molecule has 2 heteroatoms. The van der Waals surface area contributed by atoms with Gasteiger partial charge in [-0.2, -0.15) is 0 Å². The zero-order chi connectivity index (χ0) is 14.1. The fourth-order valence-electron chi connectivity index (χ4n) is 2.05. The van der Waals surface area contributed by atoms with Crippen molar-refractivity contribution in [2.45, 2.75) is 26.3 Å². The van der Waals surface area contributed by atoms with Crippen LogP contribution in [0.2, 0.25) is 0 Å². The quantitative estimate of drug-likeness (QED) is 0.675. The molecule has 0 aliphatic carbocycles. The van der Waals surface area contributed by atoms with Crippen LogP contribution in [0.5, 0.6) is 0 Å². The molecule has 0 spiro atoms. The van der Waals surface area contributed by atoms with Gasteiger partial charge in [-0.3, -0.25) is 0 Å². The molecule has 2 nitrogen and oxygen atoms in total. The summed E-state index contributed by atoms with van der Waals surface area (Å²) in [6, 6.07) is 9.14. The minimum Gasteiger partial charge on any atom is -0.364 e. The van der Waals surface area contributed by atoms with Crippen molar-refractivity contribution in [2.75, 3.05) is 24.5 Å². The molecule has 0 bridgehead atoms. The molecule has 0 amide bonds. The minimum absolute atomic E-state index is 0.404. The van der Waals surface area contributed by atoms with Gasteiger partial charge >= 0.3 is 0 Å². The van der Waals surface area contributed by atoms with Crippen LogP contribution in [0, 0.1) is 0 Å². The lowest BCUT2D eigenvalue weighted by Gasteiger charge is -2.22. The summed E-state index contributed by atoms with van der Waals surface area (Å²) in [6.07, 6.45) is 5.00. The Bertz CT molecular complexity index is 371. The van der Waals surface area contributed by atoms with Crippen LogP contribution in [-0.2, 0) is 0 Å². The molecule has 0 aromatic heterocycles. The zero-order valence-corrected chi connectivity index (χ0v) is 12.2. The highest BCUT2D eigenvalue weighted by Gasteiger charge is 2.06. The zero-order valence-electron chi connectivity index (χ0n) is 12.2. The van der Waals surface area contributed by atoms with Crippen LogP contribution in [0.25, 0.3) is 0 Å². The maximum absolute atomic E-state index is 3.80. The van der Waals surface area contributed by atoms with Gasteiger partial charge in [0.1, 0.15) is 0 Å². The molecule has 0 heterocycles. The second kappa shape index (κ2) is 8.54. The van der Waals surface area contributed by atoms with Gasteiger partial charge in [0.25, 0.3) is 0 Å². The Morgan fingerprint density at radius 1 is 1.16 bits per heavy atom. The first-order valence-electron chi connectivity index (χ1n) is 7.03. The molecule has 1 N–H and O–H groups in total. The second-order valence-electron chi connectivity index (χ2n) is 4.75. The fourth-order valence-corrected chi connectivity index (χ4v) is 2.05. The third-order valence-electron chi connectivity index (χ3n) is 3.16. The van der Waals surface area contributed by atoms with E-state index in [4.69, 9.17) is 0 Å². The predicted octanol–water partition coefficient (Wildman–Crippen LogP) is 3.93. The molecule has 0 aliphatic rings. The van der Waals surface area contributed by atoms with Gasteiger partial charge in [-0.1, -0.05) is 31.2 Å². The van der Waals surface area contributed by atoms with Crippen LogP contribution in [-0.4, -0.2) is 19.6 Å². The molecule has 1 aromatic carbocycles. The summed E-state index contributed by atoms with van der Waals surface area (Å²) in [4.78, 5) is 2.24. The first-order valence-corrected chi connectivity index (χ1v) is 7.03. The van der Waals surface area contributed by atoms with Crippen LogP contribution in [0.15, 0.2) is 49.6 Å². The van der Waals surface area contributed by atoms with Crippen molar-refractivity contribution in [2.24, 2.45) is 0 Å². The highest BCUT2D eigenvalue weighted by Crippen LogP contribution is 2.19. The summed E-state index contributed by atoms with van der Waals surface area (Å²) in [5.74, 6) is 0. The minimum atomic E-state index is 0.404. The van der Waals surface area contributed by atoms with E-state index in [-0.39, 0.29) is 0 Å². The molecule has 0 saturated carbocycles. The van der Waals surface area contributed by atoms with Crippen LogP contribution in [0.3, 0.4) is 0 Å². The molecule has 1 aromatic rings. The molecule has 1 unspecified atom stereocenters. The van der Waals surface area contributed by atoms with E-state index < -0.39 is 0 Å². The number of hydrogen-bond acceptors (Lipinski definition) is 2. The number of anilines is 1. The first-order chi connectivity index (χ1) is 9.22. The van der Waals surface area contributed by atoms with Gasteiger partial charge in [0, 0.05) is 24.8 Å². The topological polar surface area (TPSA) is 15.3 Å². The second-order valence-corrected chi connectivity index (χ2v) is 4.75. The SMILES string of the molecule is C=CCN(CC=C)c1ccc(C(C)NCCC)cc1. The Labute approximate surface area is 117 Å². The van der Waals surface area contributed by atoms with Crippen molar-refractivity contribution in [1.29, 1.82) is 0 Å². The number of rotatable bonds is 9. The molecule has 0 saturated heterocycles. The van der Waals surface area contributed by atoms with Crippen molar-refractivity contribution < 1.29 is 0 Å². The lowest BCUT2D eigenvalue weighted by molar-refractivity contribution is 0.571. The summed E-state index contributed by atoms with van der Waals surface area (Å²) in [7, 11) is 0. The normalized spacial score (nSPS) is 11.9. The Kier molecular flexibility index (Phi) is 6.98. The van der Waals surface area contributed by atoms with Crippen molar-refractivity contribution in [3.63, 3.8) is 0 Å². The van der Waals surface area contributed by atoms with E-state index in [1.165, 1.54) is 11.3 Å². The van der Waals surface area contributed by atoms with Crippen LogP contribution in [0.4, 0.5) is 5.69 Å². The molecule has 19 heavy (non-hydrogen) atoms. The fraction of sp³-hybridized carbons (Fsp3) is 0.412. The third kappa shape index (κ3) is 4.92. The van der Waals surface area contributed by atoms with E-state index in [0.29, 0.717) is 6.04 Å². The van der Waals surface area contributed by atoms with Gasteiger partial charge in [0.2, 0.25) is 0 Å². The highest BCUT2D eigenvalue weighted by atomic mass is 15.1. The number of hydrogen-bond donors (Lipinski definition) is 1. The maximum atomic E-state index is 3.80. The Balaban J connectivity index is 2.73. The van der Waals surface area contributed by atoms with Crippen molar-refractivity contribution >= 4 is 5.69 Å². The highest BCUT2D eigenvalue weighted by molar-refractivity contribution is 5.49. The van der Waals surface area contributed by atoms with Crippen molar-refractivity contribution in [1.82, 2.24) is 5.32 Å². The Morgan fingerprint density at radius 3 is 2.21 bits per heavy atom. The molecule has 104 valence electrons. The monoisotopic (exact) mass is 258 g/mol. The van der Waals surface area contributed by atoms with Crippen LogP contribution in [0.1, 0.15) is 31.9 Å². The number of benzene rings is 1. The summed E-state index contributed by atoms with van der Waals surface area (Å²) < 4.78 is 0. The van der Waals surface area contributed by atoms with Gasteiger partial charge in [0.15, 0.2) is 0 Å². The lowest BCUT2D eigenvalue weighted by Crippen LogP contribution is -2.23. The van der Waals surface area contributed by atoms with Gasteiger partial charge in [-0.05, 0) is 37.6 Å². The Morgan fingerprint density at radius 2 is 1.74 bits per heavy atom. The first kappa shape index (κ1) is 15.5. The van der Waals surface area contributed by atoms with E-state index >= 15 is 0 Å². The maximum Gasteiger partial charge on any atom is 0.0372 e. The summed E-state index contributed by atoms with van der Waals surface area (Å²) in [5, 5.41) is 3.50. The van der Waals surface area contributed by atoms with Crippen molar-refractivity contribution in [3.05, 3.63) is 55.1 Å². The lowest BCUT2D eigenvalue weighted by atomic mass is 10.1. The van der Waals surface area contributed by atoms with E-state index in [1.807, 2.05) is 12.2 Å². The van der Waals surface area contributed by atoms with E-state index in [9.17, 15) is 0 Å². The van der Waals surface area contributed by atoms with Gasteiger partial charge in [-0.15, -0.1) is 13.2 Å². The molecule has 0 radical (unpaired) electrons. The standard InChI is InChI=1S/C17H26N2/c1-5-12-18-15(4)16-8-10-17(11-9-16)19(13-6-2)14-7-3/h6-11,15,18H,2-3,5,12-14H2,1,4H3. The number of nitrogens with zero attached hydrogens (tertiary/aromatic N) is 1. The van der Waals surface area contributed by atoms with E-state index in [0.717, 1.165) is 26.1 Å². The average molecular weight is 258 g/mol. The summed E-state index contributed by atoms with van der Waals surface area (Å²) >= 11 is 0. The summed E-state index contributed by atoms with van der Waals surface area (Å²) in [6.45, 7) is 14.7. The molecular formula is C17H26N2. The van der Waals surface area contributed by atoms with E-state index in [2.05, 4.69) is 61.5 Å².